The Balaban J connectivity index is 2.53. The van der Waals surface area contributed by atoms with Crippen LogP contribution in [0, 0.1) is 11.3 Å². The molecule has 12 nitrogen and oxygen atoms in total. The number of phenols is 2. The molecule has 2 rings (SSSR count). The Hall–Kier alpha value is -4.79. The number of aromatic hydroxyl groups is 2. The second kappa shape index (κ2) is 13.7. The fourth-order valence-electron chi connectivity index (χ4n) is 3.59. The molecule has 0 fully saturated rings. The first kappa shape index (κ1) is 30.4. The second-order valence-electron chi connectivity index (χ2n) is 9.45. The molecule has 3 amide bonds. The van der Waals surface area contributed by atoms with Crippen LogP contribution in [0.15, 0.2) is 48.5 Å². The number of nitrogens with zero attached hydrogens (tertiary/aromatic N) is 2. The van der Waals surface area contributed by atoms with Gasteiger partial charge in [-0.2, -0.15) is 5.26 Å². The number of carbonyl (C=O) groups excluding carboxylic acids is 4. The van der Waals surface area contributed by atoms with E-state index in [0.29, 0.717) is 5.56 Å². The number of nitriles is 1. The van der Waals surface area contributed by atoms with E-state index in [9.17, 15) is 34.7 Å². The lowest BCUT2D eigenvalue weighted by atomic mass is 9.99. The number of esters is 1. The molecular weight excluding hydrogens is 508 g/mol. The zero-order valence-electron chi connectivity index (χ0n) is 22.1. The average Bonchev–Trinajstić information content (AvgIpc) is 2.87. The lowest BCUT2D eigenvalue weighted by Crippen LogP contribution is -2.54. The van der Waals surface area contributed by atoms with Crippen molar-refractivity contribution in [3.05, 3.63) is 59.7 Å². The zero-order valence-corrected chi connectivity index (χ0v) is 22.1. The number of phenolic OH excluding ortho intramolecular Hbond substituents is 2. The summed E-state index contributed by atoms with van der Waals surface area (Å²) >= 11 is 0. The van der Waals surface area contributed by atoms with Gasteiger partial charge in [0.25, 0.3) is 0 Å². The normalized spacial score (nSPS) is 12.3. The fourth-order valence-corrected chi connectivity index (χ4v) is 3.59. The van der Waals surface area contributed by atoms with Crippen LogP contribution in [-0.2, 0) is 30.3 Å². The van der Waals surface area contributed by atoms with Gasteiger partial charge in [0, 0.05) is 12.0 Å². The Bertz CT molecular complexity index is 1220. The predicted molar refractivity (Wildman–Crippen MR) is 138 cm³/mol. The van der Waals surface area contributed by atoms with Gasteiger partial charge in [0.2, 0.25) is 11.8 Å². The van der Waals surface area contributed by atoms with Crippen LogP contribution < -0.4 is 10.6 Å². The summed E-state index contributed by atoms with van der Waals surface area (Å²) < 4.78 is 9.85. The minimum atomic E-state index is -1.55. The summed E-state index contributed by atoms with van der Waals surface area (Å²) in [6, 6.07) is 10.6. The molecule has 12 heteroatoms. The Morgan fingerprint density at radius 3 is 2.26 bits per heavy atom. The van der Waals surface area contributed by atoms with Gasteiger partial charge in [0.1, 0.15) is 42.3 Å². The third-order valence-corrected chi connectivity index (χ3v) is 5.32. The SMILES string of the molecule is COC(=O)CNC(=O)C(c1ccccc1O)N(CC#N)C(=O)C(Cc1ccc(O)cc1)NC(=O)OC(C)(C)C. The van der Waals surface area contributed by atoms with Crippen LogP contribution in [0.2, 0.25) is 0 Å². The third kappa shape index (κ3) is 9.23. The number of ether oxygens (including phenoxy) is 2. The van der Waals surface area contributed by atoms with E-state index in [-0.39, 0.29) is 23.5 Å². The molecule has 2 unspecified atom stereocenters. The van der Waals surface area contributed by atoms with Crippen molar-refractivity contribution in [2.45, 2.75) is 44.9 Å². The van der Waals surface area contributed by atoms with Crippen LogP contribution in [0.3, 0.4) is 0 Å². The van der Waals surface area contributed by atoms with Crippen LogP contribution in [0.5, 0.6) is 11.5 Å². The van der Waals surface area contributed by atoms with E-state index in [4.69, 9.17) is 4.74 Å². The first-order valence-corrected chi connectivity index (χ1v) is 11.9. The highest BCUT2D eigenvalue weighted by Crippen LogP contribution is 2.30. The van der Waals surface area contributed by atoms with Crippen molar-refractivity contribution in [1.82, 2.24) is 15.5 Å². The summed E-state index contributed by atoms with van der Waals surface area (Å²) in [5.41, 5.74) is -0.341. The van der Waals surface area contributed by atoms with Gasteiger partial charge in [-0.3, -0.25) is 14.4 Å². The van der Waals surface area contributed by atoms with E-state index in [1.807, 2.05) is 6.07 Å². The Kier molecular flexibility index (Phi) is 10.7. The number of rotatable bonds is 10. The number of amides is 3. The van der Waals surface area contributed by atoms with E-state index in [2.05, 4.69) is 15.4 Å². The highest BCUT2D eigenvalue weighted by Gasteiger charge is 2.37. The Labute approximate surface area is 226 Å². The van der Waals surface area contributed by atoms with Crippen molar-refractivity contribution >= 4 is 23.9 Å². The van der Waals surface area contributed by atoms with Crippen molar-refractivity contribution in [1.29, 1.82) is 5.26 Å². The van der Waals surface area contributed by atoms with Crippen LogP contribution in [-0.4, -0.2) is 70.8 Å². The van der Waals surface area contributed by atoms with Crippen LogP contribution in [0.1, 0.15) is 37.9 Å². The van der Waals surface area contributed by atoms with Gasteiger partial charge in [-0.1, -0.05) is 30.3 Å². The zero-order chi connectivity index (χ0) is 29.2. The number of methoxy groups -OCH3 is 1. The summed E-state index contributed by atoms with van der Waals surface area (Å²) in [5, 5.41) is 34.6. The van der Waals surface area contributed by atoms with E-state index < -0.39 is 54.7 Å². The molecule has 2 atom stereocenters. The van der Waals surface area contributed by atoms with Crippen molar-refractivity contribution in [3.8, 4) is 17.6 Å². The molecule has 208 valence electrons. The van der Waals surface area contributed by atoms with Gasteiger partial charge in [0.15, 0.2) is 0 Å². The number of hydrogen-bond acceptors (Lipinski definition) is 9. The summed E-state index contributed by atoms with van der Waals surface area (Å²) in [4.78, 5) is 52.4. The third-order valence-electron chi connectivity index (χ3n) is 5.32. The molecule has 0 aliphatic heterocycles. The van der Waals surface area contributed by atoms with E-state index >= 15 is 0 Å². The minimum Gasteiger partial charge on any atom is -0.508 e. The molecule has 0 heterocycles. The molecule has 0 aliphatic carbocycles. The first-order chi connectivity index (χ1) is 18.4. The maximum Gasteiger partial charge on any atom is 0.408 e. The number of nitrogens with one attached hydrogen (secondary N) is 2. The molecule has 0 saturated carbocycles. The lowest BCUT2D eigenvalue weighted by Gasteiger charge is -2.33. The number of benzene rings is 2. The van der Waals surface area contributed by atoms with Crippen LogP contribution in [0.25, 0.3) is 0 Å². The molecule has 2 aromatic carbocycles. The monoisotopic (exact) mass is 540 g/mol. The molecule has 2 aromatic rings. The Morgan fingerprint density at radius 1 is 1.05 bits per heavy atom. The highest BCUT2D eigenvalue weighted by atomic mass is 16.6. The van der Waals surface area contributed by atoms with Crippen molar-refractivity contribution in [2.75, 3.05) is 20.2 Å². The molecule has 4 N–H and O–H groups in total. The standard InChI is InChI=1S/C27H32N4O8/c1-27(2,3)39-26(37)30-20(15-17-9-11-18(32)12-10-17)25(36)31(14-13-28)23(19-7-5-6-8-21(19)33)24(35)29-16-22(34)38-4/h5-12,20,23,32-33H,14-16H2,1-4H3,(H,29,35)(H,30,37). The second-order valence-corrected chi connectivity index (χ2v) is 9.45. The molecular formula is C27H32N4O8. The smallest absolute Gasteiger partial charge is 0.408 e. The van der Waals surface area contributed by atoms with Crippen molar-refractivity contribution in [2.24, 2.45) is 0 Å². The molecule has 0 spiro atoms. The lowest BCUT2D eigenvalue weighted by molar-refractivity contribution is -0.144. The maximum absolute atomic E-state index is 13.9. The number of alkyl carbamates (subject to hydrolysis) is 1. The van der Waals surface area contributed by atoms with E-state index in [0.717, 1.165) is 12.0 Å². The molecule has 39 heavy (non-hydrogen) atoms. The van der Waals surface area contributed by atoms with Gasteiger partial charge >= 0.3 is 12.1 Å². The molecule has 0 bridgehead atoms. The van der Waals surface area contributed by atoms with Gasteiger partial charge < -0.3 is 35.2 Å². The fraction of sp³-hybridized carbons (Fsp3) is 0.370. The molecule has 0 aromatic heterocycles. The summed E-state index contributed by atoms with van der Waals surface area (Å²) in [5.74, 6) is -2.80. The van der Waals surface area contributed by atoms with Gasteiger partial charge in [-0.15, -0.1) is 0 Å². The Morgan fingerprint density at radius 2 is 1.69 bits per heavy atom. The van der Waals surface area contributed by atoms with E-state index in [1.165, 1.54) is 36.4 Å². The minimum absolute atomic E-state index is 0.00488. The molecule has 0 saturated heterocycles. The van der Waals surface area contributed by atoms with E-state index in [1.54, 1.807) is 32.9 Å². The van der Waals surface area contributed by atoms with Crippen molar-refractivity contribution < 1.29 is 38.9 Å². The summed E-state index contributed by atoms with van der Waals surface area (Å²) in [7, 11) is 1.14. The number of para-hydroxylation sites is 1. The molecule has 0 aliphatic rings. The quantitative estimate of drug-likeness (QED) is 0.259. The van der Waals surface area contributed by atoms with Crippen molar-refractivity contribution in [3.63, 3.8) is 0 Å². The largest absolute Gasteiger partial charge is 0.508 e. The molecule has 0 radical (unpaired) electrons. The highest BCUT2D eigenvalue weighted by molar-refractivity contribution is 5.93. The number of hydrogen-bond donors (Lipinski definition) is 4. The topological polar surface area (TPSA) is 178 Å². The maximum atomic E-state index is 13.9. The van der Waals surface area contributed by atoms with Crippen LogP contribution in [0.4, 0.5) is 4.79 Å². The average molecular weight is 541 g/mol. The first-order valence-electron chi connectivity index (χ1n) is 11.9. The summed E-state index contributed by atoms with van der Waals surface area (Å²) in [6.07, 6.45) is -0.997. The van der Waals surface area contributed by atoms with Crippen LogP contribution >= 0.6 is 0 Å². The van der Waals surface area contributed by atoms with Gasteiger partial charge in [-0.05, 0) is 44.5 Å². The van der Waals surface area contributed by atoms with Gasteiger partial charge in [-0.25, -0.2) is 4.79 Å². The summed E-state index contributed by atoms with van der Waals surface area (Å²) in [6.45, 7) is 3.80. The predicted octanol–water partition coefficient (Wildman–Crippen LogP) is 1.92. The van der Waals surface area contributed by atoms with Gasteiger partial charge in [0.05, 0.1) is 13.2 Å². The number of carbonyl (C=O) groups is 4.